The Morgan fingerprint density at radius 1 is 1.32 bits per heavy atom. The molecule has 2 rings (SSSR count). The highest BCUT2D eigenvalue weighted by molar-refractivity contribution is 6.06. The van der Waals surface area contributed by atoms with Crippen LogP contribution in [0.15, 0.2) is 28.9 Å². The van der Waals surface area contributed by atoms with Gasteiger partial charge < -0.3 is 14.9 Å². The number of amides is 1. The van der Waals surface area contributed by atoms with Gasteiger partial charge in [0.1, 0.15) is 0 Å². The molecule has 6 nitrogen and oxygen atoms in total. The molecule has 2 N–H and O–H groups in total. The molecule has 0 saturated heterocycles. The van der Waals surface area contributed by atoms with Gasteiger partial charge in [0.2, 0.25) is 5.76 Å². The zero-order valence-corrected chi connectivity index (χ0v) is 10.4. The third-order valence-electron chi connectivity index (χ3n) is 2.61. The molecule has 0 fully saturated rings. The van der Waals surface area contributed by atoms with E-state index in [0.29, 0.717) is 5.56 Å². The van der Waals surface area contributed by atoms with Crippen LogP contribution in [0.1, 0.15) is 32.0 Å². The van der Waals surface area contributed by atoms with Gasteiger partial charge in [0.25, 0.3) is 5.91 Å². The summed E-state index contributed by atoms with van der Waals surface area (Å²) < 4.78 is 4.81. The van der Waals surface area contributed by atoms with Crippen molar-refractivity contribution in [3.05, 3.63) is 46.8 Å². The number of carboxylic acid groups (broad SMARTS) is 1. The van der Waals surface area contributed by atoms with Crippen LogP contribution in [0.3, 0.4) is 0 Å². The maximum atomic E-state index is 11.9. The van der Waals surface area contributed by atoms with Crippen molar-refractivity contribution in [1.82, 2.24) is 5.16 Å². The summed E-state index contributed by atoms with van der Waals surface area (Å²) in [5, 5.41) is 15.1. The van der Waals surface area contributed by atoms with Crippen LogP contribution in [0.25, 0.3) is 0 Å². The molecule has 0 unspecified atom stereocenters. The first-order valence-electron chi connectivity index (χ1n) is 5.55. The smallest absolute Gasteiger partial charge is 0.337 e. The average Bonchev–Trinajstić information content (AvgIpc) is 2.77. The van der Waals surface area contributed by atoms with Gasteiger partial charge in [0.15, 0.2) is 0 Å². The number of aromatic nitrogens is 1. The van der Waals surface area contributed by atoms with Gasteiger partial charge in [-0.2, -0.15) is 0 Å². The number of nitrogens with one attached hydrogen (secondary N) is 1. The van der Waals surface area contributed by atoms with E-state index in [-0.39, 0.29) is 17.0 Å². The summed E-state index contributed by atoms with van der Waals surface area (Å²) >= 11 is 0. The summed E-state index contributed by atoms with van der Waals surface area (Å²) in [6.45, 7) is 3.46. The molecule has 1 aromatic heterocycles. The predicted octanol–water partition coefficient (Wildman–Crippen LogP) is 2.24. The molecular weight excluding hydrogens is 248 g/mol. The van der Waals surface area contributed by atoms with E-state index in [1.165, 1.54) is 12.3 Å². The first-order chi connectivity index (χ1) is 8.99. The summed E-state index contributed by atoms with van der Waals surface area (Å²) in [6, 6.07) is 4.75. The number of carboxylic acids is 1. The molecule has 0 aliphatic rings. The van der Waals surface area contributed by atoms with E-state index in [4.69, 9.17) is 9.63 Å². The van der Waals surface area contributed by atoms with Crippen LogP contribution in [0.5, 0.6) is 0 Å². The molecule has 6 heteroatoms. The van der Waals surface area contributed by atoms with E-state index in [1.54, 1.807) is 26.0 Å². The van der Waals surface area contributed by atoms with Gasteiger partial charge in [0.05, 0.1) is 17.4 Å². The molecule has 98 valence electrons. The molecule has 19 heavy (non-hydrogen) atoms. The van der Waals surface area contributed by atoms with Gasteiger partial charge in [-0.25, -0.2) is 4.79 Å². The molecule has 2 aromatic rings. The first-order valence-corrected chi connectivity index (χ1v) is 5.55. The molecule has 0 spiro atoms. The zero-order valence-electron chi connectivity index (χ0n) is 10.4. The number of benzene rings is 1. The fourth-order valence-electron chi connectivity index (χ4n) is 1.63. The average molecular weight is 260 g/mol. The van der Waals surface area contributed by atoms with Crippen LogP contribution in [0, 0.1) is 13.8 Å². The SMILES string of the molecule is Cc1ccc(NC(=O)c2oncc2C)c(C(=O)O)c1. The number of carbonyl (C=O) groups is 2. The fourth-order valence-corrected chi connectivity index (χ4v) is 1.63. The van der Waals surface area contributed by atoms with E-state index in [0.717, 1.165) is 5.56 Å². The van der Waals surface area contributed by atoms with Gasteiger partial charge in [-0.15, -0.1) is 0 Å². The Balaban J connectivity index is 2.32. The lowest BCUT2D eigenvalue weighted by Crippen LogP contribution is -2.15. The minimum absolute atomic E-state index is 0.0329. The molecule has 0 radical (unpaired) electrons. The number of nitrogens with zero attached hydrogens (tertiary/aromatic N) is 1. The summed E-state index contributed by atoms with van der Waals surface area (Å²) in [5.74, 6) is -1.56. The number of hydrogen-bond donors (Lipinski definition) is 2. The van der Waals surface area contributed by atoms with Crippen molar-refractivity contribution in [3.63, 3.8) is 0 Å². The molecule has 0 atom stereocenters. The van der Waals surface area contributed by atoms with Gasteiger partial charge in [-0.3, -0.25) is 4.79 Å². The summed E-state index contributed by atoms with van der Waals surface area (Å²) in [5.41, 5.74) is 1.64. The highest BCUT2D eigenvalue weighted by atomic mass is 16.5. The lowest BCUT2D eigenvalue weighted by molar-refractivity contribution is 0.0698. The largest absolute Gasteiger partial charge is 0.478 e. The highest BCUT2D eigenvalue weighted by Crippen LogP contribution is 2.19. The maximum Gasteiger partial charge on any atom is 0.337 e. The van der Waals surface area contributed by atoms with Crippen LogP contribution in [-0.4, -0.2) is 22.1 Å². The van der Waals surface area contributed by atoms with E-state index in [2.05, 4.69) is 10.5 Å². The maximum absolute atomic E-state index is 11.9. The first kappa shape index (κ1) is 12.8. The Kier molecular flexibility index (Phi) is 3.33. The molecule has 0 saturated carbocycles. The van der Waals surface area contributed by atoms with Crippen molar-refractivity contribution in [2.45, 2.75) is 13.8 Å². The Hall–Kier alpha value is -2.63. The third kappa shape index (κ3) is 2.62. The highest BCUT2D eigenvalue weighted by Gasteiger charge is 2.17. The van der Waals surface area contributed by atoms with Crippen molar-refractivity contribution in [3.8, 4) is 0 Å². The van der Waals surface area contributed by atoms with Crippen LogP contribution < -0.4 is 5.32 Å². The van der Waals surface area contributed by atoms with Crippen LogP contribution in [0.2, 0.25) is 0 Å². The van der Waals surface area contributed by atoms with Crippen LogP contribution >= 0.6 is 0 Å². The Morgan fingerprint density at radius 3 is 2.63 bits per heavy atom. The summed E-state index contributed by atoms with van der Waals surface area (Å²) in [4.78, 5) is 23.0. The van der Waals surface area contributed by atoms with E-state index in [1.807, 2.05) is 0 Å². The van der Waals surface area contributed by atoms with Crippen LogP contribution in [-0.2, 0) is 0 Å². The van der Waals surface area contributed by atoms with Crippen LogP contribution in [0.4, 0.5) is 5.69 Å². The second-order valence-electron chi connectivity index (χ2n) is 4.15. The molecule has 1 amide bonds. The number of aromatic carboxylic acids is 1. The monoisotopic (exact) mass is 260 g/mol. The minimum atomic E-state index is -1.10. The summed E-state index contributed by atoms with van der Waals surface area (Å²) in [6.07, 6.45) is 1.42. The Morgan fingerprint density at radius 2 is 2.05 bits per heavy atom. The lowest BCUT2D eigenvalue weighted by atomic mass is 10.1. The molecule has 0 bridgehead atoms. The number of rotatable bonds is 3. The molecular formula is C13H12N2O4. The number of anilines is 1. The zero-order chi connectivity index (χ0) is 14.0. The number of aryl methyl sites for hydroxylation is 2. The molecule has 1 heterocycles. The van der Waals surface area contributed by atoms with Gasteiger partial charge in [0, 0.05) is 5.56 Å². The Bertz CT molecular complexity index is 646. The van der Waals surface area contributed by atoms with Crippen molar-refractivity contribution in [2.24, 2.45) is 0 Å². The predicted molar refractivity (Wildman–Crippen MR) is 67.3 cm³/mol. The van der Waals surface area contributed by atoms with Crippen molar-refractivity contribution in [2.75, 3.05) is 5.32 Å². The van der Waals surface area contributed by atoms with Gasteiger partial charge >= 0.3 is 5.97 Å². The third-order valence-corrected chi connectivity index (χ3v) is 2.61. The normalized spacial score (nSPS) is 10.2. The molecule has 0 aliphatic heterocycles. The number of hydrogen-bond acceptors (Lipinski definition) is 4. The van der Waals surface area contributed by atoms with Crippen molar-refractivity contribution in [1.29, 1.82) is 0 Å². The molecule has 0 aliphatic carbocycles. The van der Waals surface area contributed by atoms with E-state index >= 15 is 0 Å². The Labute approximate surface area is 109 Å². The van der Waals surface area contributed by atoms with Gasteiger partial charge in [-0.1, -0.05) is 16.8 Å². The minimum Gasteiger partial charge on any atom is -0.478 e. The van der Waals surface area contributed by atoms with Crippen molar-refractivity contribution >= 4 is 17.6 Å². The summed E-state index contributed by atoms with van der Waals surface area (Å²) in [7, 11) is 0. The topological polar surface area (TPSA) is 92.4 Å². The number of carbonyl (C=O) groups excluding carboxylic acids is 1. The lowest BCUT2D eigenvalue weighted by Gasteiger charge is -2.08. The van der Waals surface area contributed by atoms with E-state index in [9.17, 15) is 9.59 Å². The van der Waals surface area contributed by atoms with Crippen molar-refractivity contribution < 1.29 is 19.2 Å². The second-order valence-corrected chi connectivity index (χ2v) is 4.15. The standard InChI is InChI=1S/C13H12N2O4/c1-7-3-4-10(9(5-7)13(17)18)15-12(16)11-8(2)6-14-19-11/h3-6H,1-2H3,(H,15,16)(H,17,18). The molecule has 1 aromatic carbocycles. The van der Waals surface area contributed by atoms with Gasteiger partial charge in [-0.05, 0) is 26.0 Å². The second kappa shape index (κ2) is 4.93. The van der Waals surface area contributed by atoms with E-state index < -0.39 is 11.9 Å². The fraction of sp³-hybridized carbons (Fsp3) is 0.154. The quantitative estimate of drug-likeness (QED) is 0.882.